The van der Waals surface area contributed by atoms with Crippen molar-refractivity contribution < 1.29 is 5.11 Å². The minimum Gasteiger partial charge on any atom is -0.394 e. The first-order chi connectivity index (χ1) is 8.70. The Morgan fingerprint density at radius 1 is 1.22 bits per heavy atom. The van der Waals surface area contributed by atoms with E-state index in [1.54, 1.807) is 0 Å². The quantitative estimate of drug-likeness (QED) is 0.807. The molecule has 2 rings (SSSR count). The molecule has 106 valence electrons. The number of hydrogen-bond donors (Lipinski definition) is 2. The van der Waals surface area contributed by atoms with E-state index in [2.05, 4.69) is 24.1 Å². The van der Waals surface area contributed by atoms with Gasteiger partial charge in [-0.05, 0) is 37.6 Å². The molecule has 0 amide bonds. The van der Waals surface area contributed by atoms with Gasteiger partial charge < -0.3 is 10.4 Å². The fourth-order valence-electron chi connectivity index (χ4n) is 4.18. The molecule has 1 saturated heterocycles. The van der Waals surface area contributed by atoms with E-state index >= 15 is 0 Å². The summed E-state index contributed by atoms with van der Waals surface area (Å²) in [4.78, 5) is 2.61. The minimum absolute atomic E-state index is 0.0679. The van der Waals surface area contributed by atoms with Crippen molar-refractivity contribution in [1.29, 1.82) is 0 Å². The molecule has 2 unspecified atom stereocenters. The van der Waals surface area contributed by atoms with Crippen LogP contribution in [-0.2, 0) is 0 Å². The summed E-state index contributed by atoms with van der Waals surface area (Å²) in [6.45, 7) is 9.46. The molecular formula is C15H30N2O. The Balaban J connectivity index is 2.19. The molecule has 18 heavy (non-hydrogen) atoms. The van der Waals surface area contributed by atoms with Gasteiger partial charge in [0.25, 0.3) is 0 Å². The van der Waals surface area contributed by atoms with Gasteiger partial charge in [-0.3, -0.25) is 4.90 Å². The highest BCUT2D eigenvalue weighted by Gasteiger charge is 2.45. The molecule has 0 spiro atoms. The zero-order chi connectivity index (χ0) is 13.0. The van der Waals surface area contributed by atoms with Gasteiger partial charge in [-0.2, -0.15) is 0 Å². The third-order valence-electron chi connectivity index (χ3n) is 5.11. The summed E-state index contributed by atoms with van der Waals surface area (Å²) < 4.78 is 0. The molecule has 2 atom stereocenters. The summed E-state index contributed by atoms with van der Waals surface area (Å²) in [6.07, 6.45) is 6.32. The standard InChI is InChI=1S/C15H30N2O/c1-13(2)14-6-3-4-7-15(14,12-18)17-10-5-8-16-9-11-17/h13-14,16,18H,3-12H2,1-2H3. The largest absolute Gasteiger partial charge is 0.394 e. The second kappa shape index (κ2) is 6.36. The average Bonchev–Trinajstić information content (AvgIpc) is 2.67. The van der Waals surface area contributed by atoms with Crippen LogP contribution in [0.5, 0.6) is 0 Å². The molecule has 3 nitrogen and oxygen atoms in total. The molecule has 2 fully saturated rings. The average molecular weight is 254 g/mol. The molecule has 1 aliphatic carbocycles. The lowest BCUT2D eigenvalue weighted by Gasteiger charge is -2.52. The molecule has 3 heteroatoms. The molecule has 1 aliphatic heterocycles. The second-order valence-corrected chi connectivity index (χ2v) is 6.45. The summed E-state index contributed by atoms with van der Waals surface area (Å²) in [5.41, 5.74) is 0.0679. The Hall–Kier alpha value is -0.120. The molecule has 0 aromatic heterocycles. The molecule has 1 heterocycles. The molecule has 0 aromatic carbocycles. The summed E-state index contributed by atoms with van der Waals surface area (Å²) in [7, 11) is 0. The molecule has 1 saturated carbocycles. The van der Waals surface area contributed by atoms with E-state index in [9.17, 15) is 5.11 Å². The van der Waals surface area contributed by atoms with Crippen LogP contribution in [0.4, 0.5) is 0 Å². The van der Waals surface area contributed by atoms with Crippen LogP contribution in [0.25, 0.3) is 0 Å². The van der Waals surface area contributed by atoms with Gasteiger partial charge in [0, 0.05) is 25.2 Å². The Kier molecular flexibility index (Phi) is 5.05. The topological polar surface area (TPSA) is 35.5 Å². The molecule has 2 N–H and O–H groups in total. The van der Waals surface area contributed by atoms with Crippen molar-refractivity contribution >= 4 is 0 Å². The lowest BCUT2D eigenvalue weighted by atomic mass is 9.67. The zero-order valence-electron chi connectivity index (χ0n) is 12.1. The number of rotatable bonds is 3. The van der Waals surface area contributed by atoms with Gasteiger partial charge in [0.15, 0.2) is 0 Å². The van der Waals surface area contributed by atoms with Crippen molar-refractivity contribution in [2.24, 2.45) is 11.8 Å². The van der Waals surface area contributed by atoms with Gasteiger partial charge in [0.05, 0.1) is 6.61 Å². The van der Waals surface area contributed by atoms with Gasteiger partial charge in [-0.15, -0.1) is 0 Å². The van der Waals surface area contributed by atoms with Gasteiger partial charge in [-0.25, -0.2) is 0 Å². The van der Waals surface area contributed by atoms with Crippen LogP contribution in [0.1, 0.15) is 46.0 Å². The SMILES string of the molecule is CC(C)C1CCCCC1(CO)N1CCCNCC1. The van der Waals surface area contributed by atoms with Crippen LogP contribution >= 0.6 is 0 Å². The first-order valence-electron chi connectivity index (χ1n) is 7.77. The predicted octanol–water partition coefficient (Wildman–Crippen LogP) is 1.86. The van der Waals surface area contributed by atoms with Crippen LogP contribution in [0.15, 0.2) is 0 Å². The monoisotopic (exact) mass is 254 g/mol. The lowest BCUT2D eigenvalue weighted by molar-refractivity contribution is -0.0542. The van der Waals surface area contributed by atoms with E-state index in [0.717, 1.165) is 26.2 Å². The van der Waals surface area contributed by atoms with Gasteiger partial charge in [0.2, 0.25) is 0 Å². The lowest BCUT2D eigenvalue weighted by Crippen LogP contribution is -2.60. The highest BCUT2D eigenvalue weighted by atomic mass is 16.3. The van der Waals surface area contributed by atoms with Crippen LogP contribution in [0.3, 0.4) is 0 Å². The molecule has 0 bridgehead atoms. The number of nitrogens with one attached hydrogen (secondary N) is 1. The van der Waals surface area contributed by atoms with Crippen molar-refractivity contribution in [3.8, 4) is 0 Å². The smallest absolute Gasteiger partial charge is 0.0618 e. The van der Waals surface area contributed by atoms with E-state index in [1.165, 1.54) is 32.1 Å². The highest BCUT2D eigenvalue weighted by Crippen LogP contribution is 2.42. The van der Waals surface area contributed by atoms with Gasteiger partial charge >= 0.3 is 0 Å². The van der Waals surface area contributed by atoms with Crippen LogP contribution in [0, 0.1) is 11.8 Å². The molecule has 0 aromatic rings. The predicted molar refractivity (Wildman–Crippen MR) is 75.7 cm³/mol. The summed E-state index contributed by atoms with van der Waals surface area (Å²) in [5, 5.41) is 13.6. The first kappa shape index (κ1) is 14.3. The number of nitrogens with zero attached hydrogens (tertiary/aromatic N) is 1. The van der Waals surface area contributed by atoms with Crippen molar-refractivity contribution in [1.82, 2.24) is 10.2 Å². The van der Waals surface area contributed by atoms with Crippen LogP contribution in [-0.4, -0.2) is 48.3 Å². The number of hydrogen-bond acceptors (Lipinski definition) is 3. The second-order valence-electron chi connectivity index (χ2n) is 6.45. The van der Waals surface area contributed by atoms with Crippen molar-refractivity contribution in [2.75, 3.05) is 32.8 Å². The Bertz CT molecular complexity index is 249. The maximum Gasteiger partial charge on any atom is 0.0618 e. The van der Waals surface area contributed by atoms with Crippen LogP contribution < -0.4 is 5.32 Å². The van der Waals surface area contributed by atoms with Gasteiger partial charge in [-0.1, -0.05) is 26.7 Å². The number of aliphatic hydroxyl groups is 1. The van der Waals surface area contributed by atoms with Gasteiger partial charge in [0.1, 0.15) is 0 Å². The fraction of sp³-hybridized carbons (Fsp3) is 1.00. The van der Waals surface area contributed by atoms with Crippen molar-refractivity contribution in [3.05, 3.63) is 0 Å². The van der Waals surface area contributed by atoms with Crippen LogP contribution in [0.2, 0.25) is 0 Å². The first-order valence-corrected chi connectivity index (χ1v) is 7.77. The third-order valence-corrected chi connectivity index (χ3v) is 5.11. The fourth-order valence-corrected chi connectivity index (χ4v) is 4.18. The minimum atomic E-state index is 0.0679. The Morgan fingerprint density at radius 3 is 2.78 bits per heavy atom. The Morgan fingerprint density at radius 2 is 2.06 bits per heavy atom. The van der Waals surface area contributed by atoms with E-state index < -0.39 is 0 Å². The highest BCUT2D eigenvalue weighted by molar-refractivity contribution is 5.00. The summed E-state index contributed by atoms with van der Waals surface area (Å²) >= 11 is 0. The third kappa shape index (κ3) is 2.73. The summed E-state index contributed by atoms with van der Waals surface area (Å²) in [5.74, 6) is 1.34. The Labute approximate surface area is 112 Å². The summed E-state index contributed by atoms with van der Waals surface area (Å²) in [6, 6.07) is 0. The van der Waals surface area contributed by atoms with E-state index in [1.807, 2.05) is 0 Å². The maximum atomic E-state index is 10.1. The van der Waals surface area contributed by atoms with E-state index in [4.69, 9.17) is 0 Å². The maximum absolute atomic E-state index is 10.1. The number of aliphatic hydroxyl groups excluding tert-OH is 1. The molecule has 2 aliphatic rings. The van der Waals surface area contributed by atoms with E-state index in [0.29, 0.717) is 18.4 Å². The molecular weight excluding hydrogens is 224 g/mol. The van der Waals surface area contributed by atoms with Crippen molar-refractivity contribution in [3.63, 3.8) is 0 Å². The van der Waals surface area contributed by atoms with E-state index in [-0.39, 0.29) is 5.54 Å². The normalized spacial score (nSPS) is 35.7. The molecule has 0 radical (unpaired) electrons. The van der Waals surface area contributed by atoms with Crippen molar-refractivity contribution in [2.45, 2.75) is 51.5 Å². The zero-order valence-corrected chi connectivity index (χ0v) is 12.1.